The third-order valence-corrected chi connectivity index (χ3v) is 7.08. The van der Waals surface area contributed by atoms with Crippen LogP contribution in [0.4, 0.5) is 0 Å². The highest BCUT2D eigenvalue weighted by molar-refractivity contribution is 6.30. The van der Waals surface area contributed by atoms with Crippen LogP contribution in [-0.4, -0.2) is 38.4 Å². The maximum atomic E-state index is 6.28. The number of nitrogens with one attached hydrogen (secondary N) is 1. The molecule has 1 aromatic carbocycles. The molecule has 0 amide bonds. The molecule has 3 rings (SSSR count). The molecule has 1 aliphatic carbocycles. The molecule has 3 atom stereocenters. The van der Waals surface area contributed by atoms with Crippen molar-refractivity contribution >= 4 is 11.6 Å². The summed E-state index contributed by atoms with van der Waals surface area (Å²) in [7, 11) is 3.51. The van der Waals surface area contributed by atoms with Crippen molar-refractivity contribution < 1.29 is 9.47 Å². The number of methoxy groups -OCH3 is 2. The van der Waals surface area contributed by atoms with E-state index in [-0.39, 0.29) is 5.60 Å². The molecule has 1 heterocycles. The van der Waals surface area contributed by atoms with E-state index in [0.29, 0.717) is 6.04 Å². The van der Waals surface area contributed by atoms with Crippen LogP contribution < -0.4 is 10.2 Å². The lowest BCUT2D eigenvalue weighted by Gasteiger charge is -2.44. The Morgan fingerprint density at radius 1 is 1.22 bits per heavy atom. The van der Waals surface area contributed by atoms with Crippen molar-refractivity contribution in [3.05, 3.63) is 28.8 Å². The fourth-order valence-electron chi connectivity index (χ4n) is 4.81. The Morgan fingerprint density at radius 2 is 1.96 bits per heavy atom. The topological polar surface area (TPSA) is 33.7 Å². The number of hydrazine groups is 1. The van der Waals surface area contributed by atoms with Crippen molar-refractivity contribution in [3.8, 4) is 5.75 Å². The Labute approximate surface area is 169 Å². The largest absolute Gasteiger partial charge is 0.496 e. The van der Waals surface area contributed by atoms with Crippen molar-refractivity contribution in [3.63, 3.8) is 0 Å². The summed E-state index contributed by atoms with van der Waals surface area (Å²) in [5.41, 5.74) is 4.58. The zero-order chi connectivity index (χ0) is 19.4. The molecule has 0 radical (unpaired) electrons. The molecule has 1 saturated heterocycles. The standard InChI is InChI=1S/C22H35ClN2O2/c1-5-17-7-6-16(2)20(14-17)24-25-12-10-22(27-4,11-13-25)19-15-18(23)8-9-21(19)26-3/h8-9,15-17,20,24H,5-7,10-14H2,1-4H3/t16-,17-,20+/m1/s1. The minimum Gasteiger partial charge on any atom is -0.496 e. The van der Waals surface area contributed by atoms with Gasteiger partial charge in [0.15, 0.2) is 0 Å². The highest BCUT2D eigenvalue weighted by Gasteiger charge is 2.39. The van der Waals surface area contributed by atoms with Gasteiger partial charge in [-0.05, 0) is 55.7 Å². The fraction of sp³-hybridized carbons (Fsp3) is 0.727. The van der Waals surface area contributed by atoms with Crippen molar-refractivity contribution in [1.82, 2.24) is 10.4 Å². The van der Waals surface area contributed by atoms with Crippen LogP contribution in [-0.2, 0) is 10.3 Å². The fourth-order valence-corrected chi connectivity index (χ4v) is 4.98. The molecule has 5 heteroatoms. The third-order valence-electron chi connectivity index (χ3n) is 6.84. The summed E-state index contributed by atoms with van der Waals surface area (Å²) in [5, 5.41) is 3.14. The van der Waals surface area contributed by atoms with Crippen LogP contribution in [0.2, 0.25) is 5.02 Å². The molecule has 152 valence electrons. The molecule has 2 fully saturated rings. The second-order valence-corrected chi connectivity index (χ2v) is 8.77. The van der Waals surface area contributed by atoms with Gasteiger partial charge in [0.25, 0.3) is 0 Å². The van der Waals surface area contributed by atoms with Gasteiger partial charge in [0.05, 0.1) is 12.7 Å². The van der Waals surface area contributed by atoms with Gasteiger partial charge in [-0.2, -0.15) is 0 Å². The summed E-state index contributed by atoms with van der Waals surface area (Å²) in [6, 6.07) is 6.41. The van der Waals surface area contributed by atoms with Gasteiger partial charge in [-0.15, -0.1) is 0 Å². The van der Waals surface area contributed by atoms with Crippen LogP contribution >= 0.6 is 11.6 Å². The van der Waals surface area contributed by atoms with E-state index in [0.717, 1.165) is 54.1 Å². The van der Waals surface area contributed by atoms with E-state index in [4.69, 9.17) is 21.1 Å². The minimum absolute atomic E-state index is 0.335. The van der Waals surface area contributed by atoms with E-state index in [1.807, 2.05) is 18.2 Å². The monoisotopic (exact) mass is 394 g/mol. The highest BCUT2D eigenvalue weighted by atomic mass is 35.5. The molecule has 0 unspecified atom stereocenters. The predicted octanol–water partition coefficient (Wildman–Crippen LogP) is 5.01. The molecule has 4 nitrogen and oxygen atoms in total. The average molecular weight is 395 g/mol. The van der Waals surface area contributed by atoms with Crippen molar-refractivity contribution in [2.75, 3.05) is 27.3 Å². The number of benzene rings is 1. The Balaban J connectivity index is 1.67. The highest BCUT2D eigenvalue weighted by Crippen LogP contribution is 2.42. The zero-order valence-corrected chi connectivity index (χ0v) is 18.0. The van der Waals surface area contributed by atoms with E-state index < -0.39 is 0 Å². The number of piperidine rings is 1. The number of halogens is 1. The van der Waals surface area contributed by atoms with E-state index in [2.05, 4.69) is 24.3 Å². The van der Waals surface area contributed by atoms with E-state index in [1.165, 1.54) is 25.7 Å². The first kappa shape index (κ1) is 20.9. The van der Waals surface area contributed by atoms with Gasteiger partial charge in [0.2, 0.25) is 0 Å². The summed E-state index contributed by atoms with van der Waals surface area (Å²) in [6.07, 6.45) is 7.16. The van der Waals surface area contributed by atoms with E-state index in [1.54, 1.807) is 14.2 Å². The first-order chi connectivity index (χ1) is 13.0. The zero-order valence-electron chi connectivity index (χ0n) is 17.3. The van der Waals surface area contributed by atoms with Gasteiger partial charge in [-0.1, -0.05) is 38.3 Å². The number of nitrogens with zero attached hydrogens (tertiary/aromatic N) is 1. The summed E-state index contributed by atoms with van der Waals surface area (Å²) in [5.74, 6) is 2.47. The third kappa shape index (κ3) is 4.61. The lowest BCUT2D eigenvalue weighted by atomic mass is 9.78. The summed E-state index contributed by atoms with van der Waals surface area (Å²) < 4.78 is 11.7. The summed E-state index contributed by atoms with van der Waals surface area (Å²) in [6.45, 7) is 6.64. The van der Waals surface area contributed by atoms with Crippen LogP contribution in [0.1, 0.15) is 57.9 Å². The van der Waals surface area contributed by atoms with Gasteiger partial charge in [-0.25, -0.2) is 5.01 Å². The normalized spacial score (nSPS) is 28.9. The second-order valence-electron chi connectivity index (χ2n) is 8.33. The molecule has 1 aromatic rings. The van der Waals surface area contributed by atoms with E-state index in [9.17, 15) is 0 Å². The number of ether oxygens (including phenoxy) is 2. The van der Waals surface area contributed by atoms with Gasteiger partial charge in [0, 0.05) is 36.8 Å². The van der Waals surface area contributed by atoms with Gasteiger partial charge in [0.1, 0.15) is 5.75 Å². The number of rotatable bonds is 6. The molecule has 1 saturated carbocycles. The summed E-state index contributed by atoms with van der Waals surface area (Å²) >= 11 is 6.28. The van der Waals surface area contributed by atoms with Gasteiger partial charge < -0.3 is 9.47 Å². The smallest absolute Gasteiger partial charge is 0.125 e. The number of hydrogen-bond acceptors (Lipinski definition) is 4. The Kier molecular flexibility index (Phi) is 7.07. The lowest BCUT2D eigenvalue weighted by molar-refractivity contribution is -0.0780. The quantitative estimate of drug-likeness (QED) is 0.735. The average Bonchev–Trinajstić information content (AvgIpc) is 2.70. The minimum atomic E-state index is -0.335. The molecule has 1 aliphatic heterocycles. The van der Waals surface area contributed by atoms with Crippen molar-refractivity contribution in [1.29, 1.82) is 0 Å². The van der Waals surface area contributed by atoms with Crippen LogP contribution in [0.15, 0.2) is 18.2 Å². The summed E-state index contributed by atoms with van der Waals surface area (Å²) in [4.78, 5) is 0. The Morgan fingerprint density at radius 3 is 2.59 bits per heavy atom. The van der Waals surface area contributed by atoms with Crippen LogP contribution in [0, 0.1) is 11.8 Å². The number of hydrogen-bond donors (Lipinski definition) is 1. The second kappa shape index (κ2) is 9.13. The van der Waals surface area contributed by atoms with Crippen LogP contribution in [0.3, 0.4) is 0 Å². The first-order valence-electron chi connectivity index (χ1n) is 10.4. The van der Waals surface area contributed by atoms with Crippen molar-refractivity contribution in [2.24, 2.45) is 11.8 Å². The molecule has 0 bridgehead atoms. The van der Waals surface area contributed by atoms with E-state index >= 15 is 0 Å². The van der Waals surface area contributed by atoms with Crippen LogP contribution in [0.25, 0.3) is 0 Å². The van der Waals surface area contributed by atoms with Crippen molar-refractivity contribution in [2.45, 2.75) is 64.0 Å². The predicted molar refractivity (Wildman–Crippen MR) is 111 cm³/mol. The molecule has 0 spiro atoms. The molecular formula is C22H35ClN2O2. The maximum Gasteiger partial charge on any atom is 0.125 e. The van der Waals surface area contributed by atoms with Gasteiger partial charge in [-0.3, -0.25) is 5.43 Å². The Bertz CT molecular complexity index is 616. The lowest BCUT2D eigenvalue weighted by Crippen LogP contribution is -2.55. The maximum absolute atomic E-state index is 6.28. The van der Waals surface area contributed by atoms with Crippen LogP contribution in [0.5, 0.6) is 5.75 Å². The van der Waals surface area contributed by atoms with Gasteiger partial charge >= 0.3 is 0 Å². The molecular weight excluding hydrogens is 360 g/mol. The molecule has 2 aliphatic rings. The molecule has 1 N–H and O–H groups in total. The molecule has 27 heavy (non-hydrogen) atoms. The Hall–Kier alpha value is -0.810. The SMILES string of the molecule is CC[C@@H]1CC[C@@H](C)[C@@H](NN2CCC(OC)(c3cc(Cl)ccc3OC)CC2)C1. The molecule has 0 aromatic heterocycles. The first-order valence-corrected chi connectivity index (χ1v) is 10.8.